The standard InChI is InChI=1S/C24H18F4O2/c1-2-3-16-8-11-19(24(28)21(16)25)29-12-14-4-6-15(7-5-14)17-9-10-18(20-13-30-20)23(27)22(17)26/h2-11,20H,12-13H2,1H3/b3-2+. The topological polar surface area (TPSA) is 21.8 Å². The van der Waals surface area contributed by atoms with Gasteiger partial charge in [-0.2, -0.15) is 4.39 Å². The lowest BCUT2D eigenvalue weighted by Gasteiger charge is -2.11. The van der Waals surface area contributed by atoms with Gasteiger partial charge in [0, 0.05) is 16.7 Å². The Morgan fingerprint density at radius 1 is 0.900 bits per heavy atom. The number of ether oxygens (including phenoxy) is 2. The third-order valence-electron chi connectivity index (χ3n) is 4.87. The van der Waals surface area contributed by atoms with Crippen LogP contribution in [0.4, 0.5) is 17.6 Å². The van der Waals surface area contributed by atoms with Gasteiger partial charge < -0.3 is 9.47 Å². The maximum atomic E-state index is 14.4. The molecule has 1 unspecified atom stereocenters. The van der Waals surface area contributed by atoms with E-state index in [2.05, 4.69) is 0 Å². The van der Waals surface area contributed by atoms with Crippen LogP contribution in [0.2, 0.25) is 0 Å². The molecule has 6 heteroatoms. The molecule has 1 atom stereocenters. The molecule has 30 heavy (non-hydrogen) atoms. The first-order valence-corrected chi connectivity index (χ1v) is 9.42. The van der Waals surface area contributed by atoms with Gasteiger partial charge in [-0.15, -0.1) is 0 Å². The number of hydrogen-bond donors (Lipinski definition) is 0. The molecule has 0 spiro atoms. The van der Waals surface area contributed by atoms with Crippen LogP contribution in [-0.2, 0) is 11.3 Å². The van der Waals surface area contributed by atoms with Crippen LogP contribution < -0.4 is 4.74 Å². The molecule has 2 nitrogen and oxygen atoms in total. The molecule has 0 aromatic heterocycles. The number of epoxide rings is 1. The van der Waals surface area contributed by atoms with Gasteiger partial charge in [0.15, 0.2) is 23.2 Å². The van der Waals surface area contributed by atoms with Crippen molar-refractivity contribution in [3.63, 3.8) is 0 Å². The summed E-state index contributed by atoms with van der Waals surface area (Å²) in [5.41, 5.74) is 1.65. The molecule has 0 bridgehead atoms. The molecule has 154 valence electrons. The molecule has 0 N–H and O–H groups in total. The average Bonchev–Trinajstić information content (AvgIpc) is 3.59. The lowest BCUT2D eigenvalue weighted by molar-refractivity contribution is 0.284. The highest BCUT2D eigenvalue weighted by Crippen LogP contribution is 2.35. The summed E-state index contributed by atoms with van der Waals surface area (Å²) in [6, 6.07) is 12.4. The van der Waals surface area contributed by atoms with E-state index in [1.807, 2.05) is 0 Å². The highest BCUT2D eigenvalue weighted by Gasteiger charge is 2.30. The molecule has 3 aromatic carbocycles. The zero-order valence-electron chi connectivity index (χ0n) is 16.1. The Labute approximate surface area is 171 Å². The minimum atomic E-state index is -1.06. The first-order chi connectivity index (χ1) is 14.5. The van der Waals surface area contributed by atoms with E-state index in [0.29, 0.717) is 17.7 Å². The molecular formula is C24H18F4O2. The maximum absolute atomic E-state index is 14.4. The predicted molar refractivity (Wildman–Crippen MR) is 106 cm³/mol. The number of allylic oxidation sites excluding steroid dienone is 1. The zero-order chi connectivity index (χ0) is 21.3. The first-order valence-electron chi connectivity index (χ1n) is 9.42. The fraction of sp³-hybridized carbons (Fsp3) is 0.167. The van der Waals surface area contributed by atoms with Crippen molar-refractivity contribution in [3.8, 4) is 16.9 Å². The van der Waals surface area contributed by atoms with E-state index >= 15 is 0 Å². The second-order valence-electron chi connectivity index (χ2n) is 6.92. The fourth-order valence-corrected chi connectivity index (χ4v) is 3.17. The van der Waals surface area contributed by atoms with Crippen LogP contribution in [0, 0.1) is 23.3 Å². The van der Waals surface area contributed by atoms with Crippen molar-refractivity contribution in [1.82, 2.24) is 0 Å². The van der Waals surface area contributed by atoms with Crippen LogP contribution in [0.3, 0.4) is 0 Å². The van der Waals surface area contributed by atoms with Gasteiger partial charge in [0.25, 0.3) is 0 Å². The van der Waals surface area contributed by atoms with Crippen molar-refractivity contribution in [1.29, 1.82) is 0 Å². The van der Waals surface area contributed by atoms with Crippen LogP contribution in [0.15, 0.2) is 54.6 Å². The third-order valence-corrected chi connectivity index (χ3v) is 4.87. The van der Waals surface area contributed by atoms with Gasteiger partial charge in [-0.25, -0.2) is 13.2 Å². The van der Waals surface area contributed by atoms with Crippen LogP contribution in [0.1, 0.15) is 29.7 Å². The Bertz CT molecular complexity index is 1100. The number of benzene rings is 3. The maximum Gasteiger partial charge on any atom is 0.201 e. The molecule has 3 aromatic rings. The Kier molecular flexibility index (Phi) is 5.59. The second kappa shape index (κ2) is 8.32. The van der Waals surface area contributed by atoms with Gasteiger partial charge in [-0.1, -0.05) is 48.6 Å². The molecular weight excluding hydrogens is 396 g/mol. The van der Waals surface area contributed by atoms with E-state index in [9.17, 15) is 17.6 Å². The number of halogens is 4. The van der Waals surface area contributed by atoms with E-state index in [4.69, 9.17) is 9.47 Å². The molecule has 0 aliphatic carbocycles. The molecule has 1 saturated heterocycles. The molecule has 1 aliphatic rings. The summed E-state index contributed by atoms with van der Waals surface area (Å²) in [5.74, 6) is -4.05. The molecule has 0 amide bonds. The van der Waals surface area contributed by atoms with Gasteiger partial charge in [0.05, 0.1) is 6.61 Å². The van der Waals surface area contributed by atoms with E-state index in [1.165, 1.54) is 30.3 Å². The lowest BCUT2D eigenvalue weighted by Crippen LogP contribution is -2.00. The van der Waals surface area contributed by atoms with Crippen LogP contribution >= 0.6 is 0 Å². The van der Waals surface area contributed by atoms with Crippen LogP contribution in [-0.4, -0.2) is 6.61 Å². The highest BCUT2D eigenvalue weighted by molar-refractivity contribution is 5.65. The summed E-state index contributed by atoms with van der Waals surface area (Å²) in [6.45, 7) is 2.10. The second-order valence-corrected chi connectivity index (χ2v) is 6.92. The smallest absolute Gasteiger partial charge is 0.201 e. The summed E-state index contributed by atoms with van der Waals surface area (Å²) in [4.78, 5) is 0. The van der Waals surface area contributed by atoms with Gasteiger partial charge in [0.2, 0.25) is 5.82 Å². The van der Waals surface area contributed by atoms with E-state index in [0.717, 1.165) is 0 Å². The van der Waals surface area contributed by atoms with Gasteiger partial charge in [-0.3, -0.25) is 0 Å². The third kappa shape index (κ3) is 3.96. The van der Waals surface area contributed by atoms with Crippen molar-refractivity contribution in [2.45, 2.75) is 19.6 Å². The summed E-state index contributed by atoms with van der Waals surface area (Å²) >= 11 is 0. The van der Waals surface area contributed by atoms with Crippen molar-refractivity contribution in [2.24, 2.45) is 0 Å². The minimum Gasteiger partial charge on any atom is -0.486 e. The quantitative estimate of drug-likeness (QED) is 0.335. The van der Waals surface area contributed by atoms with Gasteiger partial charge in [0.1, 0.15) is 12.7 Å². The Morgan fingerprint density at radius 3 is 2.30 bits per heavy atom. The van der Waals surface area contributed by atoms with Gasteiger partial charge >= 0.3 is 0 Å². The summed E-state index contributed by atoms with van der Waals surface area (Å²) in [6.07, 6.45) is 2.71. The Balaban J connectivity index is 1.48. The molecule has 0 radical (unpaired) electrons. The SMILES string of the molecule is C/C=C/c1ccc(OCc2ccc(-c3ccc(C4CO4)c(F)c3F)cc2)c(F)c1F. The van der Waals surface area contributed by atoms with Gasteiger partial charge in [-0.05, 0) is 30.2 Å². The van der Waals surface area contributed by atoms with Crippen molar-refractivity contribution in [3.05, 3.63) is 94.6 Å². The molecule has 1 aliphatic heterocycles. The molecule has 1 fully saturated rings. The van der Waals surface area contributed by atoms with Crippen LogP contribution in [0.5, 0.6) is 5.75 Å². The zero-order valence-corrected chi connectivity index (χ0v) is 16.1. The monoisotopic (exact) mass is 414 g/mol. The molecule has 0 saturated carbocycles. The first kappa shape index (κ1) is 20.2. The lowest BCUT2D eigenvalue weighted by atomic mass is 10.0. The van der Waals surface area contributed by atoms with Crippen LogP contribution in [0.25, 0.3) is 17.2 Å². The Morgan fingerprint density at radius 2 is 1.63 bits per heavy atom. The molecule has 4 rings (SSSR count). The summed E-state index contributed by atoms with van der Waals surface area (Å²) < 4.78 is 67.2. The summed E-state index contributed by atoms with van der Waals surface area (Å²) in [5, 5.41) is 0. The highest BCUT2D eigenvalue weighted by atomic mass is 19.2. The normalized spacial score (nSPS) is 15.6. The van der Waals surface area contributed by atoms with E-state index in [1.54, 1.807) is 37.3 Å². The summed E-state index contributed by atoms with van der Waals surface area (Å²) in [7, 11) is 0. The minimum absolute atomic E-state index is 0.00555. The van der Waals surface area contributed by atoms with Crippen molar-refractivity contribution >= 4 is 6.08 Å². The average molecular weight is 414 g/mol. The van der Waals surface area contributed by atoms with E-state index in [-0.39, 0.29) is 35.2 Å². The fourth-order valence-electron chi connectivity index (χ4n) is 3.17. The van der Waals surface area contributed by atoms with E-state index < -0.39 is 23.3 Å². The number of hydrogen-bond acceptors (Lipinski definition) is 2. The number of rotatable bonds is 6. The largest absolute Gasteiger partial charge is 0.486 e. The predicted octanol–water partition coefficient (Wildman–Crippen LogP) is 6.59. The van der Waals surface area contributed by atoms with Crippen molar-refractivity contribution in [2.75, 3.05) is 6.61 Å². The van der Waals surface area contributed by atoms with Crippen molar-refractivity contribution < 1.29 is 27.0 Å². The Hall–Kier alpha value is -3.12. The molecule has 1 heterocycles.